The van der Waals surface area contributed by atoms with Crippen molar-refractivity contribution in [2.24, 2.45) is 10.9 Å². The Labute approximate surface area is 184 Å². The summed E-state index contributed by atoms with van der Waals surface area (Å²) in [6, 6.07) is 7.33. The van der Waals surface area contributed by atoms with Crippen molar-refractivity contribution in [2.75, 3.05) is 20.8 Å². The van der Waals surface area contributed by atoms with E-state index in [-0.39, 0.29) is 18.9 Å². The number of nitrogens with zero attached hydrogens (tertiary/aromatic N) is 1. The number of aryl methyl sites for hydroxylation is 1. The number of aliphatic imine (C=N–C) groups is 1. The van der Waals surface area contributed by atoms with Gasteiger partial charge in [-0.2, -0.15) is 0 Å². The van der Waals surface area contributed by atoms with E-state index in [1.54, 1.807) is 38.3 Å². The van der Waals surface area contributed by atoms with Gasteiger partial charge in [0.25, 0.3) is 17.6 Å². The summed E-state index contributed by atoms with van der Waals surface area (Å²) in [5.74, 6) is -0.916. The van der Waals surface area contributed by atoms with E-state index in [4.69, 9.17) is 9.47 Å². The van der Waals surface area contributed by atoms with Gasteiger partial charge in [-0.1, -0.05) is 24.3 Å². The van der Waals surface area contributed by atoms with Crippen LogP contribution in [-0.2, 0) is 19.1 Å². The number of Topliss-reactive ketones (excluding diaryl/α,β-unsaturated/α-hetero) is 1. The van der Waals surface area contributed by atoms with Crippen LogP contribution in [0.15, 0.2) is 64.6 Å². The first-order chi connectivity index (χ1) is 15.4. The Kier molecular flexibility index (Phi) is 5.77. The van der Waals surface area contributed by atoms with Gasteiger partial charge in [-0.25, -0.2) is 4.99 Å². The third kappa shape index (κ3) is 3.75. The molecule has 2 heterocycles. The minimum absolute atomic E-state index is 0.125. The standard InChI is InChI=1S/C24H23N3O5/c1-13-20(15-6-4-5-7-17(15)26-13)22(28)24(30)25-11-10-14-12-16-18(31-2)8-9-19(32-3)21(16)27-23(14)29/h4-9,12,16,26H,10-11H2,1-3H3,(H,25,30). The molecular weight excluding hydrogens is 410 g/mol. The number of rotatable bonds is 7. The maximum Gasteiger partial charge on any atom is 0.292 e. The summed E-state index contributed by atoms with van der Waals surface area (Å²) in [5, 5.41) is 3.33. The third-order valence-electron chi connectivity index (χ3n) is 5.58. The Hall–Kier alpha value is -3.94. The fraction of sp³-hybridized carbons (Fsp3) is 0.250. The van der Waals surface area contributed by atoms with Crippen molar-refractivity contribution in [1.82, 2.24) is 10.3 Å². The first-order valence-corrected chi connectivity index (χ1v) is 10.2. The molecule has 0 fully saturated rings. The van der Waals surface area contributed by atoms with Crippen LogP contribution in [0.4, 0.5) is 0 Å². The molecule has 1 aliphatic heterocycles. The van der Waals surface area contributed by atoms with Crippen LogP contribution in [-0.4, -0.2) is 49.1 Å². The second-order valence-electron chi connectivity index (χ2n) is 7.49. The number of allylic oxidation sites excluding steroid dienone is 4. The van der Waals surface area contributed by atoms with Crippen LogP contribution < -0.4 is 5.32 Å². The first kappa shape index (κ1) is 21.3. The predicted octanol–water partition coefficient (Wildman–Crippen LogP) is 2.76. The van der Waals surface area contributed by atoms with E-state index >= 15 is 0 Å². The zero-order chi connectivity index (χ0) is 22.8. The molecule has 0 bridgehead atoms. The number of hydrogen-bond donors (Lipinski definition) is 2. The van der Waals surface area contributed by atoms with Gasteiger partial charge in [0.05, 0.1) is 25.7 Å². The van der Waals surface area contributed by atoms with Crippen molar-refractivity contribution in [1.29, 1.82) is 0 Å². The highest BCUT2D eigenvalue weighted by Gasteiger charge is 2.32. The number of carbonyl (C=O) groups excluding carboxylic acids is 3. The first-order valence-electron chi connectivity index (χ1n) is 10.2. The second-order valence-corrected chi connectivity index (χ2v) is 7.49. The van der Waals surface area contributed by atoms with E-state index in [0.717, 1.165) is 5.52 Å². The molecule has 8 nitrogen and oxygen atoms in total. The van der Waals surface area contributed by atoms with Crippen LogP contribution in [0.1, 0.15) is 22.5 Å². The fourth-order valence-corrected chi connectivity index (χ4v) is 4.01. The summed E-state index contributed by atoms with van der Waals surface area (Å²) in [6.45, 7) is 1.88. The molecule has 1 aromatic carbocycles. The third-order valence-corrected chi connectivity index (χ3v) is 5.58. The summed E-state index contributed by atoms with van der Waals surface area (Å²) in [4.78, 5) is 45.1. The Bertz CT molecular complexity index is 1250. The molecule has 164 valence electrons. The maximum absolute atomic E-state index is 12.7. The van der Waals surface area contributed by atoms with Gasteiger partial charge >= 0.3 is 0 Å². The number of H-pyrrole nitrogens is 1. The molecule has 1 unspecified atom stereocenters. The smallest absolute Gasteiger partial charge is 0.292 e. The second kappa shape index (κ2) is 8.66. The summed E-state index contributed by atoms with van der Waals surface area (Å²) < 4.78 is 10.7. The molecule has 0 saturated carbocycles. The number of aromatic amines is 1. The summed E-state index contributed by atoms with van der Waals surface area (Å²) in [5.41, 5.74) is 2.73. The molecule has 2 N–H and O–H groups in total. The van der Waals surface area contributed by atoms with Crippen LogP contribution >= 0.6 is 0 Å². The molecule has 2 amide bonds. The molecule has 0 spiro atoms. The van der Waals surface area contributed by atoms with Gasteiger partial charge in [-0.3, -0.25) is 14.4 Å². The molecular formula is C24H23N3O5. The molecule has 4 rings (SSSR count). The number of ether oxygens (including phenoxy) is 2. The van der Waals surface area contributed by atoms with E-state index in [2.05, 4.69) is 15.3 Å². The zero-order valence-electron chi connectivity index (χ0n) is 18.0. The normalized spacial score (nSPS) is 17.6. The number of nitrogens with one attached hydrogen (secondary N) is 2. The predicted molar refractivity (Wildman–Crippen MR) is 119 cm³/mol. The Morgan fingerprint density at radius 1 is 1.16 bits per heavy atom. The molecule has 2 aromatic rings. The Morgan fingerprint density at radius 2 is 1.94 bits per heavy atom. The fourth-order valence-electron chi connectivity index (χ4n) is 4.01. The molecule has 0 saturated heterocycles. The highest BCUT2D eigenvalue weighted by atomic mass is 16.5. The van der Waals surface area contributed by atoms with Gasteiger partial charge in [0.1, 0.15) is 17.2 Å². The number of para-hydroxylation sites is 1. The maximum atomic E-state index is 12.7. The number of ketones is 1. The number of carbonyl (C=O) groups is 3. The van der Waals surface area contributed by atoms with Crippen molar-refractivity contribution in [2.45, 2.75) is 13.3 Å². The highest BCUT2D eigenvalue weighted by Crippen LogP contribution is 2.30. The van der Waals surface area contributed by atoms with Crippen LogP contribution in [0, 0.1) is 12.8 Å². The van der Waals surface area contributed by atoms with Crippen molar-refractivity contribution < 1.29 is 23.9 Å². The van der Waals surface area contributed by atoms with Crippen LogP contribution in [0.25, 0.3) is 10.9 Å². The number of aromatic nitrogens is 1. The molecule has 32 heavy (non-hydrogen) atoms. The van der Waals surface area contributed by atoms with Crippen LogP contribution in [0.3, 0.4) is 0 Å². The lowest BCUT2D eigenvalue weighted by Gasteiger charge is -2.26. The quantitative estimate of drug-likeness (QED) is 0.515. The summed E-state index contributed by atoms with van der Waals surface area (Å²) >= 11 is 0. The van der Waals surface area contributed by atoms with Crippen molar-refractivity contribution in [3.05, 3.63) is 70.8 Å². The van der Waals surface area contributed by atoms with Gasteiger partial charge in [0.15, 0.2) is 0 Å². The average Bonchev–Trinajstić information content (AvgIpc) is 3.13. The Morgan fingerprint density at radius 3 is 2.69 bits per heavy atom. The van der Waals surface area contributed by atoms with Crippen molar-refractivity contribution >= 4 is 34.2 Å². The van der Waals surface area contributed by atoms with Gasteiger partial charge in [-0.15, -0.1) is 0 Å². The largest absolute Gasteiger partial charge is 0.500 e. The molecule has 0 radical (unpaired) electrons. The van der Waals surface area contributed by atoms with E-state index in [9.17, 15) is 14.4 Å². The number of benzene rings is 1. The van der Waals surface area contributed by atoms with Gasteiger partial charge in [0.2, 0.25) is 0 Å². The number of dihydropyridines is 1. The van der Waals surface area contributed by atoms with E-state index < -0.39 is 17.6 Å². The van der Waals surface area contributed by atoms with E-state index in [1.807, 2.05) is 18.2 Å². The zero-order valence-corrected chi connectivity index (χ0v) is 18.0. The number of fused-ring (bicyclic) bond motifs is 2. The SMILES string of the molecule is COC1=CC=C(OC)C2C=C(CCNC(=O)C(=O)c3c(C)[nH]c4ccccc34)C(=O)N=C12. The van der Waals surface area contributed by atoms with Gasteiger partial charge in [0, 0.05) is 28.7 Å². The molecule has 1 aliphatic carbocycles. The van der Waals surface area contributed by atoms with Crippen LogP contribution in [0.5, 0.6) is 0 Å². The summed E-state index contributed by atoms with van der Waals surface area (Å²) in [7, 11) is 3.07. The van der Waals surface area contributed by atoms with Gasteiger partial charge in [-0.05, 0) is 31.6 Å². The monoisotopic (exact) mass is 433 g/mol. The van der Waals surface area contributed by atoms with Crippen molar-refractivity contribution in [3.8, 4) is 0 Å². The topological polar surface area (TPSA) is 110 Å². The number of hydrogen-bond acceptors (Lipinski definition) is 5. The minimum atomic E-state index is -0.717. The Balaban J connectivity index is 1.44. The lowest BCUT2D eigenvalue weighted by molar-refractivity contribution is -0.117. The lowest BCUT2D eigenvalue weighted by atomic mass is 9.89. The molecule has 8 heteroatoms. The van der Waals surface area contributed by atoms with Crippen LogP contribution in [0.2, 0.25) is 0 Å². The summed E-state index contributed by atoms with van der Waals surface area (Å²) in [6.07, 6.45) is 5.49. The van der Waals surface area contributed by atoms with Crippen molar-refractivity contribution in [3.63, 3.8) is 0 Å². The molecule has 2 aliphatic rings. The van der Waals surface area contributed by atoms with E-state index in [1.165, 1.54) is 7.11 Å². The molecule has 1 aromatic heterocycles. The number of methoxy groups -OCH3 is 2. The van der Waals surface area contributed by atoms with Gasteiger partial charge < -0.3 is 19.8 Å². The minimum Gasteiger partial charge on any atom is -0.500 e. The average molecular weight is 433 g/mol. The number of amides is 2. The molecule has 1 atom stereocenters. The lowest BCUT2D eigenvalue weighted by Crippen LogP contribution is -2.33. The van der Waals surface area contributed by atoms with E-state index in [0.29, 0.717) is 39.4 Å². The highest BCUT2D eigenvalue weighted by molar-refractivity contribution is 6.45.